The number of nitrogens with zero attached hydrogens (tertiary/aromatic N) is 3. The number of aromatic nitrogens is 2. The van der Waals surface area contributed by atoms with Gasteiger partial charge in [0.1, 0.15) is 5.75 Å². The molecule has 2 heterocycles. The fraction of sp³-hybridized carbons (Fsp3) is 0.348. The molecule has 1 aliphatic rings. The number of carbonyl (C=O) groups is 1. The van der Waals surface area contributed by atoms with Crippen LogP contribution in [0, 0.1) is 5.92 Å². The molecule has 29 heavy (non-hydrogen) atoms. The second-order valence-corrected chi connectivity index (χ2v) is 7.22. The van der Waals surface area contributed by atoms with E-state index in [1.54, 1.807) is 0 Å². The van der Waals surface area contributed by atoms with Crippen LogP contribution in [0.1, 0.15) is 36.0 Å². The molecule has 0 N–H and O–H groups in total. The largest absolute Gasteiger partial charge is 0.493 e. The minimum Gasteiger partial charge on any atom is -0.493 e. The molecule has 0 radical (unpaired) electrons. The van der Waals surface area contributed by atoms with Gasteiger partial charge in [0.2, 0.25) is 11.7 Å². The summed E-state index contributed by atoms with van der Waals surface area (Å²) in [6.45, 7) is 4.81. The number of rotatable bonds is 7. The molecular formula is C23H25N3O3. The van der Waals surface area contributed by atoms with Crippen molar-refractivity contribution in [1.29, 1.82) is 0 Å². The van der Waals surface area contributed by atoms with Crippen molar-refractivity contribution in [1.82, 2.24) is 15.0 Å². The van der Waals surface area contributed by atoms with Gasteiger partial charge in [0.05, 0.1) is 18.7 Å². The number of carbonyl (C=O) groups excluding carboxylic acids is 1. The van der Waals surface area contributed by atoms with Crippen LogP contribution in [0.25, 0.3) is 11.4 Å². The van der Waals surface area contributed by atoms with Crippen LogP contribution in [-0.4, -0.2) is 40.5 Å². The van der Waals surface area contributed by atoms with E-state index < -0.39 is 0 Å². The predicted molar refractivity (Wildman–Crippen MR) is 110 cm³/mol. The zero-order chi connectivity index (χ0) is 20.1. The van der Waals surface area contributed by atoms with Crippen LogP contribution < -0.4 is 4.74 Å². The van der Waals surface area contributed by atoms with Gasteiger partial charge in [0.25, 0.3) is 0 Å². The number of ketones is 1. The lowest BCUT2D eigenvalue weighted by Crippen LogP contribution is -2.36. The second-order valence-electron chi connectivity index (χ2n) is 7.22. The lowest BCUT2D eigenvalue weighted by Gasteiger charge is -2.30. The van der Waals surface area contributed by atoms with Crippen molar-refractivity contribution >= 4 is 5.78 Å². The minimum atomic E-state index is 0.0879. The zero-order valence-electron chi connectivity index (χ0n) is 16.6. The van der Waals surface area contributed by atoms with Crippen molar-refractivity contribution in [3.05, 3.63) is 66.1 Å². The first-order chi connectivity index (χ1) is 14.2. The van der Waals surface area contributed by atoms with E-state index >= 15 is 0 Å². The maximum Gasteiger partial charge on any atom is 0.241 e. The summed E-state index contributed by atoms with van der Waals surface area (Å²) < 4.78 is 11.1. The van der Waals surface area contributed by atoms with Crippen molar-refractivity contribution in [3.63, 3.8) is 0 Å². The highest BCUT2D eigenvalue weighted by molar-refractivity contribution is 5.97. The number of ether oxygens (including phenoxy) is 1. The molecule has 0 amide bonds. The molecule has 0 unspecified atom stereocenters. The van der Waals surface area contributed by atoms with E-state index in [1.807, 2.05) is 61.5 Å². The summed E-state index contributed by atoms with van der Waals surface area (Å²) in [4.78, 5) is 19.5. The van der Waals surface area contributed by atoms with Crippen molar-refractivity contribution in [3.8, 4) is 17.1 Å². The third-order valence-electron chi connectivity index (χ3n) is 5.27. The number of benzene rings is 2. The van der Waals surface area contributed by atoms with Crippen LogP contribution in [0.3, 0.4) is 0 Å². The number of hydrogen-bond acceptors (Lipinski definition) is 6. The van der Waals surface area contributed by atoms with E-state index in [9.17, 15) is 4.79 Å². The highest BCUT2D eigenvalue weighted by Gasteiger charge is 2.26. The molecule has 0 atom stereocenters. The molecule has 6 nitrogen and oxygen atoms in total. The van der Waals surface area contributed by atoms with Gasteiger partial charge in [-0.05, 0) is 45.0 Å². The van der Waals surface area contributed by atoms with E-state index in [0.717, 1.165) is 42.8 Å². The summed E-state index contributed by atoms with van der Waals surface area (Å²) >= 11 is 0. The number of Topliss-reactive ketones (excluding diaryl/α,β-unsaturated/α-hetero) is 1. The predicted octanol–water partition coefficient (Wildman–Crippen LogP) is 4.23. The van der Waals surface area contributed by atoms with E-state index in [1.165, 1.54) is 0 Å². The van der Waals surface area contributed by atoms with Crippen LogP contribution in [-0.2, 0) is 6.54 Å². The Morgan fingerprint density at radius 3 is 2.59 bits per heavy atom. The molecule has 0 aliphatic carbocycles. The first kappa shape index (κ1) is 19.3. The Morgan fingerprint density at radius 2 is 1.83 bits per heavy atom. The van der Waals surface area contributed by atoms with Gasteiger partial charge in [0, 0.05) is 11.5 Å². The fourth-order valence-electron chi connectivity index (χ4n) is 3.74. The van der Waals surface area contributed by atoms with Crippen molar-refractivity contribution in [2.24, 2.45) is 5.92 Å². The molecule has 1 aromatic heterocycles. The fourth-order valence-corrected chi connectivity index (χ4v) is 3.74. The average molecular weight is 391 g/mol. The SMILES string of the molecule is CCOc1ccccc1-c1noc(CN2CCC(C(=O)c3ccccc3)CC2)n1. The topological polar surface area (TPSA) is 68.5 Å². The van der Waals surface area contributed by atoms with Crippen LogP contribution in [0.2, 0.25) is 0 Å². The smallest absolute Gasteiger partial charge is 0.241 e. The summed E-state index contributed by atoms with van der Waals surface area (Å²) in [5.41, 5.74) is 1.64. The Labute approximate surface area is 170 Å². The van der Waals surface area contributed by atoms with Crippen LogP contribution in [0.4, 0.5) is 0 Å². The van der Waals surface area contributed by atoms with E-state index in [0.29, 0.717) is 24.9 Å². The van der Waals surface area contributed by atoms with Gasteiger partial charge >= 0.3 is 0 Å². The molecule has 3 aromatic rings. The Kier molecular flexibility index (Phi) is 6.00. The summed E-state index contributed by atoms with van der Waals surface area (Å²) in [5, 5.41) is 4.13. The summed E-state index contributed by atoms with van der Waals surface area (Å²) in [6, 6.07) is 17.3. The lowest BCUT2D eigenvalue weighted by atomic mass is 9.89. The van der Waals surface area contributed by atoms with Gasteiger partial charge in [0.15, 0.2) is 5.78 Å². The minimum absolute atomic E-state index is 0.0879. The van der Waals surface area contributed by atoms with Gasteiger partial charge in [-0.25, -0.2) is 0 Å². The quantitative estimate of drug-likeness (QED) is 0.562. The first-order valence-electron chi connectivity index (χ1n) is 10.1. The van der Waals surface area contributed by atoms with E-state index in [2.05, 4.69) is 15.0 Å². The molecule has 0 bridgehead atoms. The molecule has 1 aliphatic heterocycles. The summed E-state index contributed by atoms with van der Waals surface area (Å²) in [5.74, 6) is 2.21. The number of likely N-dealkylation sites (tertiary alicyclic amines) is 1. The molecule has 1 fully saturated rings. The van der Waals surface area contributed by atoms with E-state index in [4.69, 9.17) is 9.26 Å². The molecule has 6 heteroatoms. The maximum absolute atomic E-state index is 12.6. The van der Waals surface area contributed by atoms with Gasteiger partial charge in [-0.2, -0.15) is 4.98 Å². The third kappa shape index (κ3) is 4.54. The number of hydrogen-bond donors (Lipinski definition) is 0. The van der Waals surface area contributed by atoms with Gasteiger partial charge in [-0.1, -0.05) is 47.6 Å². The highest BCUT2D eigenvalue weighted by Crippen LogP contribution is 2.28. The Morgan fingerprint density at radius 1 is 1.10 bits per heavy atom. The highest BCUT2D eigenvalue weighted by atomic mass is 16.5. The van der Waals surface area contributed by atoms with Gasteiger partial charge in [-0.3, -0.25) is 9.69 Å². The summed E-state index contributed by atoms with van der Waals surface area (Å²) in [6.07, 6.45) is 1.70. The third-order valence-corrected chi connectivity index (χ3v) is 5.27. The average Bonchev–Trinajstić information content (AvgIpc) is 3.23. The normalized spacial score (nSPS) is 15.3. The van der Waals surface area contributed by atoms with Crippen LogP contribution >= 0.6 is 0 Å². The Bertz CT molecular complexity index is 947. The van der Waals surface area contributed by atoms with Crippen LogP contribution in [0.5, 0.6) is 5.75 Å². The maximum atomic E-state index is 12.6. The second kappa shape index (κ2) is 9.01. The Balaban J connectivity index is 1.36. The monoisotopic (exact) mass is 391 g/mol. The van der Waals surface area contributed by atoms with Gasteiger partial charge < -0.3 is 9.26 Å². The zero-order valence-corrected chi connectivity index (χ0v) is 16.6. The molecule has 2 aromatic carbocycles. The first-order valence-corrected chi connectivity index (χ1v) is 10.1. The molecule has 4 rings (SSSR count). The van der Waals surface area contributed by atoms with E-state index in [-0.39, 0.29) is 11.7 Å². The number of para-hydroxylation sites is 1. The molecular weight excluding hydrogens is 366 g/mol. The van der Waals surface area contributed by atoms with Crippen molar-refractivity contribution < 1.29 is 14.1 Å². The Hall–Kier alpha value is -2.99. The molecule has 0 spiro atoms. The van der Waals surface area contributed by atoms with Gasteiger partial charge in [-0.15, -0.1) is 0 Å². The molecule has 0 saturated carbocycles. The standard InChI is InChI=1S/C23H25N3O3/c1-2-28-20-11-7-6-10-19(20)23-24-21(29-25-23)16-26-14-12-18(13-15-26)22(27)17-8-4-3-5-9-17/h3-11,18H,2,12-16H2,1H3. The molecule has 150 valence electrons. The summed E-state index contributed by atoms with van der Waals surface area (Å²) in [7, 11) is 0. The molecule has 1 saturated heterocycles. The van der Waals surface area contributed by atoms with Crippen molar-refractivity contribution in [2.75, 3.05) is 19.7 Å². The number of piperidine rings is 1. The lowest BCUT2D eigenvalue weighted by molar-refractivity contribution is 0.0825. The van der Waals surface area contributed by atoms with Crippen molar-refractivity contribution in [2.45, 2.75) is 26.3 Å². The van der Waals surface area contributed by atoms with Crippen LogP contribution in [0.15, 0.2) is 59.1 Å².